The molecule has 1 heterocycles. The van der Waals surface area contributed by atoms with E-state index in [1.807, 2.05) is 0 Å². The van der Waals surface area contributed by atoms with Gasteiger partial charge >= 0.3 is 0 Å². The first-order chi connectivity index (χ1) is 10.6. The average Bonchev–Trinajstić information content (AvgIpc) is 2.83. The molecule has 0 fully saturated rings. The zero-order chi connectivity index (χ0) is 16.2. The molecule has 0 aromatic rings. The summed E-state index contributed by atoms with van der Waals surface area (Å²) in [6, 6.07) is 0. The molecule has 0 atom stereocenters. The number of unbranched alkanes of at least 4 members (excludes halogenated alkanes) is 1. The fraction of sp³-hybridized carbons (Fsp3) is 0.571. The predicted molar refractivity (Wildman–Crippen MR) is 90.1 cm³/mol. The Morgan fingerprint density at radius 3 is 3.14 bits per heavy atom. The van der Waals surface area contributed by atoms with Gasteiger partial charge in [0.15, 0.2) is 0 Å². The van der Waals surface area contributed by atoms with Gasteiger partial charge in [-0.3, -0.25) is 15.1 Å². The van der Waals surface area contributed by atoms with Gasteiger partial charge in [-0.25, -0.2) is 5.43 Å². The molecule has 0 unspecified atom stereocenters. The molecule has 0 aromatic heterocycles. The second kappa shape index (κ2) is 10.8. The van der Waals surface area contributed by atoms with Gasteiger partial charge in [0.05, 0.1) is 11.1 Å². The van der Waals surface area contributed by atoms with Crippen LogP contribution in [0, 0.1) is 22.5 Å². The van der Waals surface area contributed by atoms with Crippen LogP contribution >= 0.6 is 11.8 Å². The summed E-state index contributed by atoms with van der Waals surface area (Å²) < 4.78 is 0. The van der Waals surface area contributed by atoms with Crippen molar-refractivity contribution in [2.45, 2.75) is 19.8 Å². The number of hydrogen-bond donors (Lipinski definition) is 3. The molecule has 0 bridgehead atoms. The highest BCUT2D eigenvalue weighted by atomic mass is 32.2. The Bertz CT molecular complexity index is 459. The van der Waals surface area contributed by atoms with E-state index in [0.29, 0.717) is 6.54 Å². The van der Waals surface area contributed by atoms with Crippen molar-refractivity contribution in [1.82, 2.24) is 21.1 Å². The molecular formula is C14H23N5O2S. The number of rotatable bonds is 11. The molecule has 0 aliphatic carbocycles. The lowest BCUT2D eigenvalue weighted by atomic mass is 10.3. The van der Waals surface area contributed by atoms with Crippen molar-refractivity contribution in [2.75, 3.05) is 31.3 Å². The van der Waals surface area contributed by atoms with Gasteiger partial charge < -0.3 is 10.6 Å². The van der Waals surface area contributed by atoms with Crippen LogP contribution in [0.15, 0.2) is 23.8 Å². The standard InChI is InChI=1S/C14H23N5O2S/c1-3-4-5-6-17-18-12-16-14(13(18)2)11-22-10-8-15-7-9-19(20)21/h1,7,9,15-17H,4-6,8,10-12H2,2H3. The van der Waals surface area contributed by atoms with Crippen LogP contribution in [0.1, 0.15) is 19.8 Å². The van der Waals surface area contributed by atoms with E-state index in [1.165, 1.54) is 17.6 Å². The van der Waals surface area contributed by atoms with Crippen molar-refractivity contribution >= 4 is 11.8 Å². The fourth-order valence-corrected chi connectivity index (χ4v) is 2.74. The van der Waals surface area contributed by atoms with Crippen molar-refractivity contribution < 1.29 is 4.92 Å². The Hall–Kier alpha value is -1.85. The maximum Gasteiger partial charge on any atom is 0.249 e. The van der Waals surface area contributed by atoms with Crippen LogP contribution in [0.25, 0.3) is 0 Å². The zero-order valence-corrected chi connectivity index (χ0v) is 13.6. The molecule has 0 saturated carbocycles. The molecule has 0 saturated heterocycles. The summed E-state index contributed by atoms with van der Waals surface area (Å²) in [5, 5.41) is 18.4. The summed E-state index contributed by atoms with van der Waals surface area (Å²) in [4.78, 5) is 9.60. The fourth-order valence-electron chi connectivity index (χ4n) is 1.82. The second-order valence-electron chi connectivity index (χ2n) is 4.65. The number of hydrazine groups is 1. The molecule has 8 heteroatoms. The van der Waals surface area contributed by atoms with Crippen molar-refractivity contribution in [1.29, 1.82) is 0 Å². The van der Waals surface area contributed by atoms with Crippen molar-refractivity contribution in [3.8, 4) is 12.3 Å². The van der Waals surface area contributed by atoms with Gasteiger partial charge in [0.2, 0.25) is 6.20 Å². The first-order valence-corrected chi connectivity index (χ1v) is 8.30. The van der Waals surface area contributed by atoms with Gasteiger partial charge in [0.25, 0.3) is 0 Å². The number of terminal acetylenes is 1. The normalized spacial score (nSPS) is 14.3. The first-order valence-electron chi connectivity index (χ1n) is 7.14. The highest BCUT2D eigenvalue weighted by Crippen LogP contribution is 2.16. The largest absolute Gasteiger partial charge is 0.385 e. The molecule has 1 aliphatic heterocycles. The SMILES string of the molecule is C#CCCCNN1CNC(CSCCNC=C[N+](=O)[O-])=C1C. The molecule has 3 N–H and O–H groups in total. The molecular weight excluding hydrogens is 302 g/mol. The first kappa shape index (κ1) is 18.2. The molecule has 0 amide bonds. The highest BCUT2D eigenvalue weighted by Gasteiger charge is 2.17. The number of nitrogens with one attached hydrogen (secondary N) is 3. The summed E-state index contributed by atoms with van der Waals surface area (Å²) in [6.45, 7) is 4.43. The Morgan fingerprint density at radius 2 is 2.41 bits per heavy atom. The molecule has 1 rings (SSSR count). The van der Waals surface area contributed by atoms with Crippen LogP contribution in [-0.2, 0) is 0 Å². The quantitative estimate of drug-likeness (QED) is 0.227. The minimum absolute atomic E-state index is 0.484. The van der Waals surface area contributed by atoms with Crippen LogP contribution in [0.5, 0.6) is 0 Å². The van der Waals surface area contributed by atoms with E-state index in [4.69, 9.17) is 6.42 Å². The zero-order valence-electron chi connectivity index (χ0n) is 12.8. The molecule has 122 valence electrons. The highest BCUT2D eigenvalue weighted by molar-refractivity contribution is 7.99. The summed E-state index contributed by atoms with van der Waals surface area (Å²) in [6.07, 6.45) is 9.25. The maximum absolute atomic E-state index is 10.1. The molecule has 1 aliphatic rings. The summed E-state index contributed by atoms with van der Waals surface area (Å²) >= 11 is 1.78. The van der Waals surface area contributed by atoms with E-state index >= 15 is 0 Å². The van der Waals surface area contributed by atoms with E-state index < -0.39 is 4.92 Å². The van der Waals surface area contributed by atoms with E-state index in [-0.39, 0.29) is 0 Å². The maximum atomic E-state index is 10.1. The number of nitro groups is 1. The third-order valence-corrected chi connectivity index (χ3v) is 4.03. The lowest BCUT2D eigenvalue weighted by molar-refractivity contribution is -0.402. The van der Waals surface area contributed by atoms with E-state index in [1.54, 1.807) is 11.8 Å². The topological polar surface area (TPSA) is 82.5 Å². The predicted octanol–water partition coefficient (Wildman–Crippen LogP) is 1.07. The van der Waals surface area contributed by atoms with Gasteiger partial charge in [-0.15, -0.1) is 12.3 Å². The Kier molecular flexibility index (Phi) is 8.95. The van der Waals surface area contributed by atoms with Gasteiger partial charge in [-0.1, -0.05) is 0 Å². The van der Waals surface area contributed by atoms with Crippen LogP contribution in [0.2, 0.25) is 0 Å². The van der Waals surface area contributed by atoms with Crippen LogP contribution < -0.4 is 16.1 Å². The lowest BCUT2D eigenvalue weighted by Gasteiger charge is -2.19. The van der Waals surface area contributed by atoms with Gasteiger partial charge in [-0.05, 0) is 13.3 Å². The van der Waals surface area contributed by atoms with Crippen molar-refractivity contribution in [2.24, 2.45) is 0 Å². The lowest BCUT2D eigenvalue weighted by Crippen LogP contribution is -2.37. The molecule has 0 radical (unpaired) electrons. The molecule has 7 nitrogen and oxygen atoms in total. The van der Waals surface area contributed by atoms with Crippen molar-refractivity contribution in [3.05, 3.63) is 33.9 Å². The van der Waals surface area contributed by atoms with Crippen LogP contribution in [0.4, 0.5) is 0 Å². The third-order valence-electron chi connectivity index (χ3n) is 3.04. The number of hydrogen-bond acceptors (Lipinski definition) is 7. The van der Waals surface area contributed by atoms with Gasteiger partial charge in [0.1, 0.15) is 6.67 Å². The Labute approximate surface area is 135 Å². The smallest absolute Gasteiger partial charge is 0.249 e. The second-order valence-corrected chi connectivity index (χ2v) is 5.76. The number of thioether (sulfide) groups is 1. The Balaban J connectivity index is 2.15. The van der Waals surface area contributed by atoms with Crippen LogP contribution in [0.3, 0.4) is 0 Å². The minimum atomic E-state index is -0.484. The molecule has 22 heavy (non-hydrogen) atoms. The van der Waals surface area contributed by atoms with E-state index in [0.717, 1.165) is 43.8 Å². The molecule has 0 spiro atoms. The number of nitrogens with zero attached hydrogens (tertiary/aromatic N) is 2. The summed E-state index contributed by atoms with van der Waals surface area (Å²) in [5.74, 6) is 4.41. The van der Waals surface area contributed by atoms with Crippen LogP contribution in [-0.4, -0.2) is 41.2 Å². The minimum Gasteiger partial charge on any atom is -0.385 e. The van der Waals surface area contributed by atoms with Gasteiger partial charge in [-0.2, -0.15) is 11.8 Å². The summed E-state index contributed by atoms with van der Waals surface area (Å²) in [7, 11) is 0. The van der Waals surface area contributed by atoms with Gasteiger partial charge in [0, 0.05) is 42.4 Å². The van der Waals surface area contributed by atoms with Crippen molar-refractivity contribution in [3.63, 3.8) is 0 Å². The van der Waals surface area contributed by atoms with E-state index in [2.05, 4.69) is 33.9 Å². The number of allylic oxidation sites excluding steroid dienone is 1. The third kappa shape index (κ3) is 7.24. The molecule has 0 aromatic carbocycles. The monoisotopic (exact) mass is 325 g/mol. The Morgan fingerprint density at radius 1 is 1.59 bits per heavy atom. The average molecular weight is 325 g/mol. The summed E-state index contributed by atoms with van der Waals surface area (Å²) in [5.41, 5.74) is 5.77. The van der Waals surface area contributed by atoms with E-state index in [9.17, 15) is 10.1 Å².